The number of carbonyl (C=O) groups is 1. The molecule has 0 saturated heterocycles. The molecule has 20 heavy (non-hydrogen) atoms. The molecule has 1 aromatic rings. The van der Waals surface area contributed by atoms with Crippen molar-refractivity contribution >= 4 is 21.8 Å². The Hall–Kier alpha value is -1.07. The summed E-state index contributed by atoms with van der Waals surface area (Å²) in [6.45, 7) is 9.42. The fraction of sp³-hybridized carbons (Fsp3) is 0.533. The number of benzene rings is 1. The monoisotopic (exact) mass is 342 g/mol. The number of rotatable bonds is 4. The van der Waals surface area contributed by atoms with E-state index < -0.39 is 6.10 Å². The van der Waals surface area contributed by atoms with E-state index in [4.69, 9.17) is 10.5 Å². The minimum absolute atomic E-state index is 0.143. The molecule has 1 rings (SSSR count). The second kappa shape index (κ2) is 6.59. The zero-order valence-corrected chi connectivity index (χ0v) is 14.2. The zero-order valence-electron chi connectivity index (χ0n) is 12.7. The molecule has 1 aromatic carbocycles. The topological polar surface area (TPSA) is 64.3 Å². The van der Waals surface area contributed by atoms with Crippen molar-refractivity contribution in [3.63, 3.8) is 0 Å². The molecule has 5 heteroatoms. The number of amides is 1. The molecule has 0 aliphatic rings. The predicted molar refractivity (Wildman–Crippen MR) is 84.7 cm³/mol. The Bertz CT molecular complexity index is 481. The van der Waals surface area contributed by atoms with Gasteiger partial charge in [0, 0.05) is 21.6 Å². The van der Waals surface area contributed by atoms with E-state index in [1.807, 2.05) is 45.9 Å². The molecule has 4 nitrogen and oxygen atoms in total. The normalized spacial score (nSPS) is 14.6. The van der Waals surface area contributed by atoms with Gasteiger partial charge < -0.3 is 15.8 Å². The fourth-order valence-electron chi connectivity index (χ4n) is 1.70. The molecule has 0 aliphatic heterocycles. The molecule has 0 aliphatic carbocycles. The van der Waals surface area contributed by atoms with Crippen LogP contribution < -0.4 is 15.8 Å². The summed E-state index contributed by atoms with van der Waals surface area (Å²) < 4.78 is 6.69. The highest BCUT2D eigenvalue weighted by molar-refractivity contribution is 9.10. The molecule has 3 N–H and O–H groups in total. The SMILES string of the molecule is CC(Oc1ccc(Br)cc1C(C)N)C(=O)NC(C)(C)C. The average molecular weight is 343 g/mol. The highest BCUT2D eigenvalue weighted by atomic mass is 79.9. The minimum atomic E-state index is -0.576. The number of ether oxygens (including phenoxy) is 1. The van der Waals surface area contributed by atoms with Gasteiger partial charge >= 0.3 is 0 Å². The average Bonchev–Trinajstić information content (AvgIpc) is 2.28. The second-order valence-corrected chi connectivity index (χ2v) is 6.89. The fourth-order valence-corrected chi connectivity index (χ4v) is 2.08. The third-order valence-corrected chi connectivity index (χ3v) is 3.13. The van der Waals surface area contributed by atoms with Gasteiger partial charge in [-0.3, -0.25) is 4.79 Å². The summed E-state index contributed by atoms with van der Waals surface area (Å²) in [6.07, 6.45) is -0.576. The predicted octanol–water partition coefficient (Wildman–Crippen LogP) is 3.15. The van der Waals surface area contributed by atoms with Crippen LogP contribution in [0.25, 0.3) is 0 Å². The third-order valence-electron chi connectivity index (χ3n) is 2.63. The highest BCUT2D eigenvalue weighted by Gasteiger charge is 2.21. The van der Waals surface area contributed by atoms with Gasteiger partial charge in [0.05, 0.1) is 0 Å². The summed E-state index contributed by atoms with van der Waals surface area (Å²) in [5, 5.41) is 2.89. The molecule has 0 bridgehead atoms. The maximum atomic E-state index is 12.0. The van der Waals surface area contributed by atoms with Crippen molar-refractivity contribution in [2.24, 2.45) is 5.73 Å². The van der Waals surface area contributed by atoms with Crippen molar-refractivity contribution < 1.29 is 9.53 Å². The second-order valence-electron chi connectivity index (χ2n) is 5.97. The lowest BCUT2D eigenvalue weighted by Gasteiger charge is -2.24. The minimum Gasteiger partial charge on any atom is -0.481 e. The lowest BCUT2D eigenvalue weighted by molar-refractivity contribution is -0.128. The van der Waals surface area contributed by atoms with Crippen molar-refractivity contribution in [3.05, 3.63) is 28.2 Å². The number of carbonyl (C=O) groups excluding carboxylic acids is 1. The third kappa shape index (κ3) is 5.13. The van der Waals surface area contributed by atoms with Gasteiger partial charge in [-0.2, -0.15) is 0 Å². The number of nitrogens with two attached hydrogens (primary N) is 1. The van der Waals surface area contributed by atoms with Crippen LogP contribution in [0, 0.1) is 0 Å². The van der Waals surface area contributed by atoms with E-state index in [1.165, 1.54) is 0 Å². The van der Waals surface area contributed by atoms with Crippen LogP contribution in [0.4, 0.5) is 0 Å². The zero-order chi connectivity index (χ0) is 15.5. The molecule has 2 unspecified atom stereocenters. The summed E-state index contributed by atoms with van der Waals surface area (Å²) in [5.74, 6) is 0.496. The van der Waals surface area contributed by atoms with Crippen molar-refractivity contribution in [3.8, 4) is 5.75 Å². The van der Waals surface area contributed by atoms with Gasteiger partial charge in [-0.1, -0.05) is 15.9 Å². The lowest BCUT2D eigenvalue weighted by Crippen LogP contribution is -2.46. The Labute approximate surface area is 129 Å². The highest BCUT2D eigenvalue weighted by Crippen LogP contribution is 2.28. The number of hydrogen-bond donors (Lipinski definition) is 2. The number of nitrogens with one attached hydrogen (secondary N) is 1. The molecule has 0 saturated carbocycles. The first-order valence-corrected chi connectivity index (χ1v) is 7.43. The quantitative estimate of drug-likeness (QED) is 0.883. The van der Waals surface area contributed by atoms with Crippen LogP contribution in [0.2, 0.25) is 0 Å². The molecular weight excluding hydrogens is 320 g/mol. The summed E-state index contributed by atoms with van der Waals surface area (Å²) in [6, 6.07) is 5.44. The van der Waals surface area contributed by atoms with Crippen LogP contribution in [0.5, 0.6) is 5.75 Å². The van der Waals surface area contributed by atoms with E-state index in [0.29, 0.717) is 5.75 Å². The van der Waals surface area contributed by atoms with Gasteiger partial charge in [-0.05, 0) is 52.8 Å². The molecule has 112 valence electrons. The molecular formula is C15H23BrN2O2. The van der Waals surface area contributed by atoms with Crippen LogP contribution >= 0.6 is 15.9 Å². The van der Waals surface area contributed by atoms with Gasteiger partial charge in [0.15, 0.2) is 6.10 Å². The van der Waals surface area contributed by atoms with Gasteiger partial charge in [0.1, 0.15) is 5.75 Å². The van der Waals surface area contributed by atoms with Crippen molar-refractivity contribution in [1.82, 2.24) is 5.32 Å². The molecule has 2 atom stereocenters. The van der Waals surface area contributed by atoms with Crippen LogP contribution in [-0.2, 0) is 4.79 Å². The molecule has 1 amide bonds. The first-order chi connectivity index (χ1) is 9.10. The van der Waals surface area contributed by atoms with E-state index in [2.05, 4.69) is 21.2 Å². The van der Waals surface area contributed by atoms with Gasteiger partial charge in [0.2, 0.25) is 0 Å². The Morgan fingerprint density at radius 2 is 1.95 bits per heavy atom. The largest absolute Gasteiger partial charge is 0.481 e. The van der Waals surface area contributed by atoms with Crippen molar-refractivity contribution in [2.75, 3.05) is 0 Å². The van der Waals surface area contributed by atoms with Crippen molar-refractivity contribution in [2.45, 2.75) is 52.3 Å². The summed E-state index contributed by atoms with van der Waals surface area (Å²) >= 11 is 3.41. The molecule has 0 radical (unpaired) electrons. The Morgan fingerprint density at radius 3 is 2.45 bits per heavy atom. The van der Waals surface area contributed by atoms with Crippen LogP contribution in [0.15, 0.2) is 22.7 Å². The molecule has 0 aromatic heterocycles. The van der Waals surface area contributed by atoms with E-state index in [9.17, 15) is 4.79 Å². The lowest BCUT2D eigenvalue weighted by atomic mass is 10.1. The number of hydrogen-bond acceptors (Lipinski definition) is 3. The van der Waals surface area contributed by atoms with Crippen molar-refractivity contribution in [1.29, 1.82) is 0 Å². The Kier molecular flexibility index (Phi) is 5.59. The standard InChI is InChI=1S/C15H23BrN2O2/c1-9(17)12-8-11(16)6-7-13(12)20-10(2)14(19)18-15(3,4)5/h6-10H,17H2,1-5H3,(H,18,19). The van der Waals surface area contributed by atoms with Crippen LogP contribution in [-0.4, -0.2) is 17.6 Å². The first-order valence-electron chi connectivity index (χ1n) is 6.64. The van der Waals surface area contributed by atoms with Gasteiger partial charge in [-0.15, -0.1) is 0 Å². The molecule has 0 fully saturated rings. The van der Waals surface area contributed by atoms with E-state index in [1.54, 1.807) is 6.92 Å². The van der Waals surface area contributed by atoms with Gasteiger partial charge in [-0.25, -0.2) is 0 Å². The summed E-state index contributed by atoms with van der Waals surface area (Å²) in [4.78, 5) is 12.0. The summed E-state index contributed by atoms with van der Waals surface area (Å²) in [5.41, 5.74) is 6.53. The Balaban J connectivity index is 2.85. The Morgan fingerprint density at radius 1 is 1.35 bits per heavy atom. The van der Waals surface area contributed by atoms with Gasteiger partial charge in [0.25, 0.3) is 5.91 Å². The van der Waals surface area contributed by atoms with Crippen LogP contribution in [0.3, 0.4) is 0 Å². The molecule has 0 spiro atoms. The smallest absolute Gasteiger partial charge is 0.261 e. The molecule has 0 heterocycles. The summed E-state index contributed by atoms with van der Waals surface area (Å²) in [7, 11) is 0. The maximum Gasteiger partial charge on any atom is 0.261 e. The maximum absolute atomic E-state index is 12.0. The van der Waals surface area contributed by atoms with E-state index in [-0.39, 0.29) is 17.5 Å². The first kappa shape index (κ1) is 17.0. The van der Waals surface area contributed by atoms with E-state index >= 15 is 0 Å². The number of halogens is 1. The van der Waals surface area contributed by atoms with Crippen LogP contribution in [0.1, 0.15) is 46.2 Å². The van der Waals surface area contributed by atoms with E-state index in [0.717, 1.165) is 10.0 Å².